The van der Waals surface area contributed by atoms with Gasteiger partial charge in [0.1, 0.15) is 0 Å². The molecule has 3 aromatic rings. The molecule has 0 unspecified atom stereocenters. The Morgan fingerprint density at radius 3 is 2.22 bits per heavy atom. The van der Waals surface area contributed by atoms with Crippen LogP contribution in [-0.2, 0) is 14.8 Å². The van der Waals surface area contributed by atoms with Gasteiger partial charge in [-0.2, -0.15) is 0 Å². The Balaban J connectivity index is 1.80. The Kier molecular flexibility index (Phi) is 7.18. The summed E-state index contributed by atoms with van der Waals surface area (Å²) in [5.41, 5.74) is 9.91. The summed E-state index contributed by atoms with van der Waals surface area (Å²) in [6.45, 7) is 0.368. The highest BCUT2D eigenvalue weighted by atomic mass is 32.2. The number of hydrogen-bond donors (Lipinski definition) is 3. The summed E-state index contributed by atoms with van der Waals surface area (Å²) >= 11 is 0. The molecule has 4 N–H and O–H groups in total. The lowest BCUT2D eigenvalue weighted by molar-refractivity contribution is -0.110. The van der Waals surface area contributed by atoms with Crippen molar-refractivity contribution in [3.63, 3.8) is 0 Å². The van der Waals surface area contributed by atoms with E-state index in [2.05, 4.69) is 10.6 Å². The third-order valence-corrected chi connectivity index (χ3v) is 6.93. The summed E-state index contributed by atoms with van der Waals surface area (Å²) in [6, 6.07) is 19.9. The number of hydrogen-bond acceptors (Lipinski definition) is 7. The number of nitrogens with one attached hydrogen (secondary N) is 2. The van der Waals surface area contributed by atoms with Gasteiger partial charge in [0.15, 0.2) is 11.5 Å². The number of sulfonamides is 1. The van der Waals surface area contributed by atoms with Gasteiger partial charge in [0.2, 0.25) is 10.0 Å². The average Bonchev–Trinajstić information content (AvgIpc) is 3.19. The van der Waals surface area contributed by atoms with Gasteiger partial charge in [0.05, 0.1) is 43.1 Å². The number of nitrogens with zero attached hydrogens (tertiary/aromatic N) is 1. The second kappa shape index (κ2) is 10.3. The van der Waals surface area contributed by atoms with Crippen LogP contribution >= 0.6 is 0 Å². The van der Waals surface area contributed by atoms with Gasteiger partial charge in [-0.25, -0.2) is 8.42 Å². The summed E-state index contributed by atoms with van der Waals surface area (Å²) < 4.78 is 36.5. The quantitative estimate of drug-likeness (QED) is 0.379. The second-order valence-corrected chi connectivity index (χ2v) is 10.0. The van der Waals surface area contributed by atoms with Crippen LogP contribution in [0.4, 0.5) is 17.1 Å². The van der Waals surface area contributed by atoms with Crippen LogP contribution in [0.25, 0.3) is 11.3 Å². The first-order valence-corrected chi connectivity index (χ1v) is 13.0. The molecule has 0 bridgehead atoms. The van der Waals surface area contributed by atoms with E-state index in [1.54, 1.807) is 43.5 Å². The van der Waals surface area contributed by atoms with Crippen molar-refractivity contribution >= 4 is 44.3 Å². The van der Waals surface area contributed by atoms with Crippen molar-refractivity contribution in [1.82, 2.24) is 0 Å². The third kappa shape index (κ3) is 5.00. The van der Waals surface area contributed by atoms with Crippen LogP contribution in [0, 0.1) is 0 Å². The maximum absolute atomic E-state index is 13.2. The number of benzene rings is 3. The zero-order valence-corrected chi connectivity index (χ0v) is 21.1. The number of amides is 1. The molecule has 0 aliphatic carbocycles. The van der Waals surface area contributed by atoms with E-state index in [0.29, 0.717) is 45.4 Å². The Bertz CT molecular complexity index is 1400. The van der Waals surface area contributed by atoms with Crippen molar-refractivity contribution in [2.45, 2.75) is 0 Å². The Morgan fingerprint density at radius 2 is 1.64 bits per heavy atom. The first-order chi connectivity index (χ1) is 17.3. The van der Waals surface area contributed by atoms with Crippen LogP contribution in [0.3, 0.4) is 0 Å². The van der Waals surface area contributed by atoms with E-state index in [9.17, 15) is 13.2 Å². The van der Waals surface area contributed by atoms with Gasteiger partial charge in [-0.3, -0.25) is 9.10 Å². The largest absolute Gasteiger partial charge is 0.493 e. The van der Waals surface area contributed by atoms with Crippen LogP contribution in [0.5, 0.6) is 11.5 Å². The highest BCUT2D eigenvalue weighted by Crippen LogP contribution is 2.43. The molecule has 0 aromatic heterocycles. The number of anilines is 3. The summed E-state index contributed by atoms with van der Waals surface area (Å²) in [6.07, 6.45) is 1.15. The van der Waals surface area contributed by atoms with Crippen LogP contribution in [0.1, 0.15) is 11.1 Å². The van der Waals surface area contributed by atoms with Gasteiger partial charge in [-0.05, 0) is 35.9 Å². The van der Waals surface area contributed by atoms with E-state index in [1.807, 2.05) is 30.3 Å². The molecule has 0 saturated carbocycles. The number of carbonyl (C=O) groups is 1. The molecule has 1 aliphatic heterocycles. The van der Waals surface area contributed by atoms with Crippen molar-refractivity contribution in [3.8, 4) is 11.5 Å². The van der Waals surface area contributed by atoms with Gasteiger partial charge in [-0.15, -0.1) is 0 Å². The van der Waals surface area contributed by atoms with Crippen molar-refractivity contribution < 1.29 is 22.7 Å². The predicted octanol–water partition coefficient (Wildman–Crippen LogP) is 3.36. The fourth-order valence-corrected chi connectivity index (χ4v) is 5.03. The monoisotopic (exact) mass is 508 g/mol. The molecule has 9 nitrogen and oxygen atoms in total. The average molecular weight is 509 g/mol. The molecule has 1 aliphatic rings. The van der Waals surface area contributed by atoms with Gasteiger partial charge < -0.3 is 25.8 Å². The van der Waals surface area contributed by atoms with Crippen LogP contribution in [0.2, 0.25) is 0 Å². The molecule has 0 atom stereocenters. The molecule has 3 aromatic carbocycles. The number of methoxy groups -OCH3 is 2. The summed E-state index contributed by atoms with van der Waals surface area (Å²) in [7, 11) is -0.396. The molecule has 36 heavy (non-hydrogen) atoms. The van der Waals surface area contributed by atoms with Crippen molar-refractivity contribution in [3.05, 3.63) is 77.9 Å². The number of ether oxygens (including phenoxy) is 2. The van der Waals surface area contributed by atoms with E-state index in [4.69, 9.17) is 15.2 Å². The first kappa shape index (κ1) is 25.1. The van der Waals surface area contributed by atoms with Gasteiger partial charge in [0, 0.05) is 30.4 Å². The molecule has 1 heterocycles. The van der Waals surface area contributed by atoms with Crippen molar-refractivity contribution in [2.24, 2.45) is 5.73 Å². The molecule has 0 fully saturated rings. The lowest BCUT2D eigenvalue weighted by Crippen LogP contribution is -2.34. The van der Waals surface area contributed by atoms with Crippen LogP contribution in [-0.4, -0.2) is 47.9 Å². The van der Waals surface area contributed by atoms with Gasteiger partial charge >= 0.3 is 0 Å². The minimum atomic E-state index is -3.48. The van der Waals surface area contributed by atoms with Crippen molar-refractivity contribution in [2.75, 3.05) is 48.5 Å². The SMILES string of the molecule is COc1cc2c(cc1OC)C(=C(Nc1ccc(N(CCN)S(C)(=O)=O)cc1)c1ccccc1)C(=O)N2. The zero-order valence-electron chi connectivity index (χ0n) is 20.2. The van der Waals surface area contributed by atoms with E-state index >= 15 is 0 Å². The number of carbonyl (C=O) groups excluding carboxylic acids is 1. The Labute approximate surface area is 210 Å². The summed E-state index contributed by atoms with van der Waals surface area (Å²) in [5.74, 6) is 0.743. The third-order valence-electron chi connectivity index (χ3n) is 5.74. The van der Waals surface area contributed by atoms with Crippen LogP contribution < -0.4 is 30.1 Å². The number of nitrogens with two attached hydrogens (primary N) is 1. The Hall–Kier alpha value is -4.02. The van der Waals surface area contributed by atoms with Crippen LogP contribution in [0.15, 0.2) is 66.7 Å². The maximum atomic E-state index is 13.2. The summed E-state index contributed by atoms with van der Waals surface area (Å²) in [4.78, 5) is 13.2. The van der Waals surface area contributed by atoms with Gasteiger partial charge in [-0.1, -0.05) is 30.3 Å². The smallest absolute Gasteiger partial charge is 0.258 e. The van der Waals surface area contributed by atoms with Gasteiger partial charge in [0.25, 0.3) is 5.91 Å². The van der Waals surface area contributed by atoms with Crippen molar-refractivity contribution in [1.29, 1.82) is 0 Å². The van der Waals surface area contributed by atoms with E-state index in [-0.39, 0.29) is 19.0 Å². The lowest BCUT2D eigenvalue weighted by atomic mass is 9.99. The molecule has 0 radical (unpaired) electrons. The molecule has 10 heteroatoms. The molecular formula is C26H28N4O5S. The topological polar surface area (TPSA) is 123 Å². The lowest BCUT2D eigenvalue weighted by Gasteiger charge is -2.22. The molecular weight excluding hydrogens is 480 g/mol. The second-order valence-electron chi connectivity index (χ2n) is 8.12. The number of fused-ring (bicyclic) bond motifs is 1. The first-order valence-electron chi connectivity index (χ1n) is 11.2. The molecule has 188 valence electrons. The molecule has 1 amide bonds. The zero-order chi connectivity index (χ0) is 25.9. The minimum absolute atomic E-state index is 0.174. The molecule has 4 rings (SSSR count). The molecule has 0 saturated heterocycles. The standard InChI is InChI=1S/C26H28N4O5S/c1-34-22-15-20-21(16-23(22)35-2)29-26(31)24(20)25(17-7-5-4-6-8-17)28-18-9-11-19(12-10-18)30(14-13-27)36(3,32)33/h4-12,15-16,28H,13-14,27H2,1-3H3,(H,29,31). The Morgan fingerprint density at radius 1 is 1.00 bits per heavy atom. The highest BCUT2D eigenvalue weighted by Gasteiger charge is 2.30. The van der Waals surface area contributed by atoms with E-state index < -0.39 is 10.0 Å². The number of rotatable bonds is 9. The normalized spacial score (nSPS) is 14.1. The minimum Gasteiger partial charge on any atom is -0.493 e. The fraction of sp³-hybridized carbons (Fsp3) is 0.192. The maximum Gasteiger partial charge on any atom is 0.258 e. The highest BCUT2D eigenvalue weighted by molar-refractivity contribution is 7.92. The molecule has 0 spiro atoms. The fourth-order valence-electron chi connectivity index (χ4n) is 4.09. The van der Waals surface area contributed by atoms with E-state index in [1.165, 1.54) is 11.4 Å². The van der Waals surface area contributed by atoms with E-state index in [0.717, 1.165) is 11.8 Å². The predicted molar refractivity (Wildman–Crippen MR) is 143 cm³/mol. The summed E-state index contributed by atoms with van der Waals surface area (Å²) in [5, 5.41) is 6.27.